The van der Waals surface area contributed by atoms with Gasteiger partial charge in [0, 0.05) is 24.5 Å². The van der Waals surface area contributed by atoms with E-state index in [1.165, 1.54) is 10.7 Å². The third kappa shape index (κ3) is 1.21. The molecule has 2 aromatic heterocycles. The van der Waals surface area contributed by atoms with E-state index in [4.69, 9.17) is 10.8 Å². The second kappa shape index (κ2) is 3.08. The van der Waals surface area contributed by atoms with Crippen LogP contribution in [0.5, 0.6) is 0 Å². The van der Waals surface area contributed by atoms with Crippen LogP contribution in [0.15, 0.2) is 18.6 Å². The van der Waals surface area contributed by atoms with Gasteiger partial charge in [0.15, 0.2) is 5.65 Å². The Morgan fingerprint density at radius 2 is 2.36 bits per heavy atom. The lowest BCUT2D eigenvalue weighted by Gasteiger charge is -1.97. The zero-order valence-corrected chi connectivity index (χ0v) is 7.21. The first-order chi connectivity index (χ1) is 6.72. The highest BCUT2D eigenvalue weighted by Gasteiger charge is 2.11. The summed E-state index contributed by atoms with van der Waals surface area (Å²) in [5.41, 5.74) is 6.63. The molecule has 0 aliphatic carbocycles. The average Bonchev–Trinajstić information content (AvgIpc) is 2.59. The number of carbonyl (C=O) groups is 1. The van der Waals surface area contributed by atoms with Gasteiger partial charge in [0.05, 0.1) is 6.20 Å². The maximum Gasteiger partial charge on any atom is 0.341 e. The number of rotatable bonds is 2. The first kappa shape index (κ1) is 8.64. The summed E-state index contributed by atoms with van der Waals surface area (Å²) in [5, 5.41) is 12.6. The number of hydrogen-bond donors (Lipinski definition) is 2. The van der Waals surface area contributed by atoms with E-state index >= 15 is 0 Å². The molecule has 0 unspecified atom stereocenters. The average molecular weight is 192 g/mol. The Kier molecular flexibility index (Phi) is 1.90. The summed E-state index contributed by atoms with van der Waals surface area (Å²) in [5.74, 6) is -1.03. The van der Waals surface area contributed by atoms with Crippen molar-refractivity contribution >= 4 is 11.6 Å². The second-order valence-corrected chi connectivity index (χ2v) is 2.80. The molecule has 0 saturated carbocycles. The Hall–Kier alpha value is -1.95. The molecular weight excluding hydrogens is 184 g/mol. The minimum absolute atomic E-state index is 0.0913. The predicted molar refractivity (Wildman–Crippen MR) is 47.8 cm³/mol. The van der Waals surface area contributed by atoms with Crippen molar-refractivity contribution < 1.29 is 9.90 Å². The fourth-order valence-electron chi connectivity index (χ4n) is 1.17. The number of carboxylic acids is 1. The lowest BCUT2D eigenvalue weighted by Crippen LogP contribution is -2.02. The molecule has 2 aromatic rings. The van der Waals surface area contributed by atoms with E-state index in [0.29, 0.717) is 12.2 Å². The number of aromatic nitrogens is 3. The normalized spacial score (nSPS) is 10.6. The van der Waals surface area contributed by atoms with Crippen molar-refractivity contribution in [1.82, 2.24) is 14.6 Å². The minimum Gasteiger partial charge on any atom is -0.477 e. The zero-order chi connectivity index (χ0) is 10.1. The SMILES string of the molecule is NCc1cnc2c(C(=O)O)cnn2c1. The molecular formula is C8H8N4O2. The molecule has 2 heterocycles. The Bertz CT molecular complexity index is 491. The molecule has 6 nitrogen and oxygen atoms in total. The molecule has 2 rings (SSSR count). The molecule has 0 spiro atoms. The zero-order valence-electron chi connectivity index (χ0n) is 7.21. The quantitative estimate of drug-likeness (QED) is 0.692. The molecule has 0 saturated heterocycles. The fraction of sp³-hybridized carbons (Fsp3) is 0.125. The number of hydrogen-bond acceptors (Lipinski definition) is 4. The van der Waals surface area contributed by atoms with Gasteiger partial charge in [-0.15, -0.1) is 0 Å². The smallest absolute Gasteiger partial charge is 0.341 e. The summed E-state index contributed by atoms with van der Waals surface area (Å²) in [7, 11) is 0. The monoisotopic (exact) mass is 192 g/mol. The molecule has 0 bridgehead atoms. The van der Waals surface area contributed by atoms with Crippen LogP contribution in [0.1, 0.15) is 15.9 Å². The van der Waals surface area contributed by atoms with Gasteiger partial charge in [-0.2, -0.15) is 5.10 Å². The molecule has 0 atom stereocenters. The third-order valence-corrected chi connectivity index (χ3v) is 1.88. The van der Waals surface area contributed by atoms with E-state index in [0.717, 1.165) is 5.56 Å². The molecule has 0 amide bonds. The van der Waals surface area contributed by atoms with Crippen molar-refractivity contribution in [3.8, 4) is 0 Å². The van der Waals surface area contributed by atoms with Gasteiger partial charge in [0.2, 0.25) is 0 Å². The molecule has 3 N–H and O–H groups in total. The van der Waals surface area contributed by atoms with Crippen LogP contribution in [-0.4, -0.2) is 25.7 Å². The number of fused-ring (bicyclic) bond motifs is 1. The molecule has 0 fully saturated rings. The number of carboxylic acid groups (broad SMARTS) is 1. The van der Waals surface area contributed by atoms with Crippen molar-refractivity contribution in [2.24, 2.45) is 5.73 Å². The van der Waals surface area contributed by atoms with Gasteiger partial charge in [-0.05, 0) is 0 Å². The van der Waals surface area contributed by atoms with Crippen molar-refractivity contribution in [2.75, 3.05) is 0 Å². The Balaban J connectivity index is 2.65. The van der Waals surface area contributed by atoms with Gasteiger partial charge in [-0.25, -0.2) is 14.3 Å². The van der Waals surface area contributed by atoms with E-state index in [9.17, 15) is 4.79 Å². The molecule has 6 heteroatoms. The summed E-state index contributed by atoms with van der Waals surface area (Å²) < 4.78 is 1.41. The summed E-state index contributed by atoms with van der Waals surface area (Å²) in [6.45, 7) is 0.352. The van der Waals surface area contributed by atoms with Crippen molar-refractivity contribution in [3.05, 3.63) is 29.7 Å². The van der Waals surface area contributed by atoms with E-state index < -0.39 is 5.97 Å². The molecule has 0 aliphatic rings. The van der Waals surface area contributed by atoms with Crippen LogP contribution < -0.4 is 5.73 Å². The molecule has 0 aliphatic heterocycles. The van der Waals surface area contributed by atoms with Crippen molar-refractivity contribution in [3.63, 3.8) is 0 Å². The highest BCUT2D eigenvalue weighted by Crippen LogP contribution is 2.08. The van der Waals surface area contributed by atoms with Crippen LogP contribution in [0.25, 0.3) is 5.65 Å². The van der Waals surface area contributed by atoms with Crippen LogP contribution >= 0.6 is 0 Å². The fourth-order valence-corrected chi connectivity index (χ4v) is 1.17. The number of nitrogens with two attached hydrogens (primary N) is 1. The molecule has 14 heavy (non-hydrogen) atoms. The van der Waals surface area contributed by atoms with Crippen LogP contribution in [0.2, 0.25) is 0 Å². The minimum atomic E-state index is -1.03. The first-order valence-corrected chi connectivity index (χ1v) is 3.98. The van der Waals surface area contributed by atoms with E-state index in [1.807, 2.05) is 0 Å². The highest BCUT2D eigenvalue weighted by molar-refractivity contribution is 5.93. The number of aromatic carboxylic acids is 1. The highest BCUT2D eigenvalue weighted by atomic mass is 16.4. The Morgan fingerprint density at radius 1 is 1.57 bits per heavy atom. The topological polar surface area (TPSA) is 93.5 Å². The summed E-state index contributed by atoms with van der Waals surface area (Å²) in [6.07, 6.45) is 4.48. The van der Waals surface area contributed by atoms with Gasteiger partial charge in [0.1, 0.15) is 5.56 Å². The van der Waals surface area contributed by atoms with E-state index in [1.54, 1.807) is 12.4 Å². The summed E-state index contributed by atoms with van der Waals surface area (Å²) in [6, 6.07) is 0. The third-order valence-electron chi connectivity index (χ3n) is 1.88. The van der Waals surface area contributed by atoms with Gasteiger partial charge in [-0.1, -0.05) is 0 Å². The van der Waals surface area contributed by atoms with E-state index in [-0.39, 0.29) is 5.56 Å². The first-order valence-electron chi connectivity index (χ1n) is 3.98. The van der Waals surface area contributed by atoms with Crippen LogP contribution in [-0.2, 0) is 6.54 Å². The van der Waals surface area contributed by atoms with Gasteiger partial charge >= 0.3 is 5.97 Å². The Labute approximate surface area is 79.0 Å². The summed E-state index contributed by atoms with van der Waals surface area (Å²) in [4.78, 5) is 14.7. The number of nitrogens with zero attached hydrogens (tertiary/aromatic N) is 3. The van der Waals surface area contributed by atoms with Crippen LogP contribution in [0.4, 0.5) is 0 Å². The maximum absolute atomic E-state index is 10.7. The largest absolute Gasteiger partial charge is 0.477 e. The summed E-state index contributed by atoms with van der Waals surface area (Å²) >= 11 is 0. The van der Waals surface area contributed by atoms with Crippen LogP contribution in [0.3, 0.4) is 0 Å². The predicted octanol–water partition coefficient (Wildman–Crippen LogP) is -0.114. The van der Waals surface area contributed by atoms with Crippen molar-refractivity contribution in [2.45, 2.75) is 6.54 Å². The van der Waals surface area contributed by atoms with Gasteiger partial charge < -0.3 is 10.8 Å². The van der Waals surface area contributed by atoms with Crippen molar-refractivity contribution in [1.29, 1.82) is 0 Å². The van der Waals surface area contributed by atoms with Gasteiger partial charge in [0.25, 0.3) is 0 Å². The standard InChI is InChI=1S/C8H8N4O2/c9-1-5-2-10-7-6(8(13)14)3-11-12(7)4-5/h2-4H,1,9H2,(H,13,14). The Morgan fingerprint density at radius 3 is 3.00 bits per heavy atom. The van der Waals surface area contributed by atoms with Crippen LogP contribution in [0, 0.1) is 0 Å². The lowest BCUT2D eigenvalue weighted by atomic mass is 10.3. The molecule has 0 aromatic carbocycles. The van der Waals surface area contributed by atoms with Gasteiger partial charge in [-0.3, -0.25) is 0 Å². The molecule has 0 radical (unpaired) electrons. The maximum atomic E-state index is 10.7. The second-order valence-electron chi connectivity index (χ2n) is 2.80. The van der Waals surface area contributed by atoms with E-state index in [2.05, 4.69) is 10.1 Å². The molecule has 72 valence electrons. The lowest BCUT2D eigenvalue weighted by molar-refractivity contribution is 0.0699.